The summed E-state index contributed by atoms with van der Waals surface area (Å²) < 4.78 is 5.77. The average molecular weight is 279 g/mol. The highest BCUT2D eigenvalue weighted by molar-refractivity contribution is 5.59. The molecule has 0 spiro atoms. The van der Waals surface area contributed by atoms with Crippen LogP contribution < -0.4 is 16.2 Å². The molecule has 0 radical (unpaired) electrons. The summed E-state index contributed by atoms with van der Waals surface area (Å²) >= 11 is 0. The van der Waals surface area contributed by atoms with E-state index < -0.39 is 0 Å². The van der Waals surface area contributed by atoms with Gasteiger partial charge in [-0.1, -0.05) is 30.3 Å². The quantitative estimate of drug-likeness (QED) is 0.764. The van der Waals surface area contributed by atoms with E-state index >= 15 is 0 Å². The van der Waals surface area contributed by atoms with Gasteiger partial charge in [0.25, 0.3) is 0 Å². The molecule has 0 bridgehead atoms. The first-order valence-electron chi connectivity index (χ1n) is 6.31. The smallest absolute Gasteiger partial charge is 0.225 e. The van der Waals surface area contributed by atoms with E-state index in [4.69, 9.17) is 16.2 Å². The molecule has 6 heteroatoms. The van der Waals surface area contributed by atoms with Gasteiger partial charge in [-0.3, -0.25) is 0 Å². The molecule has 0 saturated heterocycles. The molecule has 0 atom stereocenters. The second kappa shape index (κ2) is 5.46. The van der Waals surface area contributed by atoms with Crippen LogP contribution in [0, 0.1) is 0 Å². The topological polar surface area (TPSA) is 99.9 Å². The van der Waals surface area contributed by atoms with Gasteiger partial charge in [0.15, 0.2) is 5.82 Å². The van der Waals surface area contributed by atoms with Gasteiger partial charge in [-0.2, -0.15) is 15.0 Å². The van der Waals surface area contributed by atoms with Crippen LogP contribution in [0.1, 0.15) is 0 Å². The van der Waals surface area contributed by atoms with Crippen molar-refractivity contribution in [2.45, 2.75) is 0 Å². The summed E-state index contributed by atoms with van der Waals surface area (Å²) in [7, 11) is 0. The Morgan fingerprint density at radius 2 is 1.38 bits per heavy atom. The average Bonchev–Trinajstić information content (AvgIpc) is 2.47. The fourth-order valence-electron chi connectivity index (χ4n) is 1.86. The number of anilines is 2. The SMILES string of the molecule is Nc1nc(N)nc(-c2cccc(Oc3ccccc3)c2)n1. The zero-order valence-electron chi connectivity index (χ0n) is 11.1. The van der Waals surface area contributed by atoms with Crippen molar-refractivity contribution < 1.29 is 4.74 Å². The van der Waals surface area contributed by atoms with Crippen LogP contribution in [0.4, 0.5) is 11.9 Å². The first-order valence-corrected chi connectivity index (χ1v) is 6.31. The Morgan fingerprint density at radius 1 is 0.714 bits per heavy atom. The van der Waals surface area contributed by atoms with Crippen molar-refractivity contribution in [3.63, 3.8) is 0 Å². The van der Waals surface area contributed by atoms with Crippen LogP contribution in [0.15, 0.2) is 54.6 Å². The zero-order valence-corrected chi connectivity index (χ0v) is 11.1. The number of ether oxygens (including phenoxy) is 1. The number of benzene rings is 2. The highest BCUT2D eigenvalue weighted by atomic mass is 16.5. The molecule has 2 aromatic carbocycles. The van der Waals surface area contributed by atoms with Gasteiger partial charge in [-0.25, -0.2) is 0 Å². The Kier molecular flexibility index (Phi) is 3.34. The van der Waals surface area contributed by atoms with Gasteiger partial charge in [0.1, 0.15) is 11.5 Å². The molecule has 104 valence electrons. The molecule has 1 heterocycles. The van der Waals surface area contributed by atoms with E-state index in [1.165, 1.54) is 0 Å². The minimum absolute atomic E-state index is 0.0897. The highest BCUT2D eigenvalue weighted by Crippen LogP contribution is 2.25. The van der Waals surface area contributed by atoms with E-state index in [1.807, 2.05) is 54.6 Å². The van der Waals surface area contributed by atoms with Crippen LogP contribution in [-0.2, 0) is 0 Å². The van der Waals surface area contributed by atoms with Crippen molar-refractivity contribution >= 4 is 11.9 Å². The fourth-order valence-corrected chi connectivity index (χ4v) is 1.86. The van der Waals surface area contributed by atoms with Crippen molar-refractivity contribution in [2.75, 3.05) is 11.5 Å². The second-order valence-corrected chi connectivity index (χ2v) is 4.32. The van der Waals surface area contributed by atoms with Gasteiger partial charge in [0.2, 0.25) is 11.9 Å². The molecule has 0 saturated carbocycles. The lowest BCUT2D eigenvalue weighted by Gasteiger charge is -2.07. The molecule has 4 N–H and O–H groups in total. The van der Waals surface area contributed by atoms with Crippen LogP contribution >= 0.6 is 0 Å². The molecule has 0 unspecified atom stereocenters. The molecule has 0 aliphatic rings. The van der Waals surface area contributed by atoms with Crippen molar-refractivity contribution in [1.82, 2.24) is 15.0 Å². The maximum Gasteiger partial charge on any atom is 0.225 e. The number of rotatable bonds is 3. The molecule has 1 aromatic heterocycles. The number of para-hydroxylation sites is 1. The highest BCUT2D eigenvalue weighted by Gasteiger charge is 2.06. The Labute approximate surface area is 121 Å². The predicted octanol–water partition coefficient (Wildman–Crippen LogP) is 2.50. The number of hydrogen-bond donors (Lipinski definition) is 2. The van der Waals surface area contributed by atoms with E-state index in [2.05, 4.69) is 15.0 Å². The van der Waals surface area contributed by atoms with Gasteiger partial charge in [0, 0.05) is 5.56 Å². The van der Waals surface area contributed by atoms with Gasteiger partial charge >= 0.3 is 0 Å². The van der Waals surface area contributed by atoms with Crippen LogP contribution in [0.25, 0.3) is 11.4 Å². The molecule has 0 amide bonds. The third-order valence-electron chi connectivity index (χ3n) is 2.74. The summed E-state index contributed by atoms with van der Waals surface area (Å²) in [6, 6.07) is 16.9. The second-order valence-electron chi connectivity index (χ2n) is 4.32. The molecule has 0 aliphatic heterocycles. The summed E-state index contributed by atoms with van der Waals surface area (Å²) in [5.41, 5.74) is 11.9. The van der Waals surface area contributed by atoms with Gasteiger partial charge in [-0.05, 0) is 24.3 Å². The minimum atomic E-state index is 0.0897. The third-order valence-corrected chi connectivity index (χ3v) is 2.74. The van der Waals surface area contributed by atoms with E-state index in [0.29, 0.717) is 11.6 Å². The Balaban J connectivity index is 1.93. The monoisotopic (exact) mass is 279 g/mol. The van der Waals surface area contributed by atoms with E-state index in [0.717, 1.165) is 11.3 Å². The van der Waals surface area contributed by atoms with Crippen molar-refractivity contribution in [1.29, 1.82) is 0 Å². The lowest BCUT2D eigenvalue weighted by atomic mass is 10.2. The van der Waals surface area contributed by atoms with Crippen molar-refractivity contribution in [3.8, 4) is 22.9 Å². The Hall–Kier alpha value is -3.15. The van der Waals surface area contributed by atoms with Gasteiger partial charge in [0.05, 0.1) is 0 Å². The first kappa shape index (κ1) is 12.9. The van der Waals surface area contributed by atoms with Crippen LogP contribution in [0.5, 0.6) is 11.5 Å². The zero-order chi connectivity index (χ0) is 14.7. The maximum atomic E-state index is 5.77. The minimum Gasteiger partial charge on any atom is -0.457 e. The largest absolute Gasteiger partial charge is 0.457 e. The molecule has 3 aromatic rings. The molecule has 21 heavy (non-hydrogen) atoms. The number of hydrogen-bond acceptors (Lipinski definition) is 6. The third kappa shape index (κ3) is 3.06. The molecule has 0 fully saturated rings. The van der Waals surface area contributed by atoms with Gasteiger partial charge < -0.3 is 16.2 Å². The van der Waals surface area contributed by atoms with Crippen molar-refractivity contribution in [3.05, 3.63) is 54.6 Å². The number of nitrogen functional groups attached to an aromatic ring is 2. The standard InChI is InChI=1S/C15H13N5O/c16-14-18-13(19-15(17)20-14)10-5-4-8-12(9-10)21-11-6-2-1-3-7-11/h1-9H,(H4,16,17,18,19,20). The van der Waals surface area contributed by atoms with E-state index in [-0.39, 0.29) is 11.9 Å². The summed E-state index contributed by atoms with van der Waals surface area (Å²) in [6.45, 7) is 0. The molecule has 6 nitrogen and oxygen atoms in total. The lowest BCUT2D eigenvalue weighted by Crippen LogP contribution is -2.04. The van der Waals surface area contributed by atoms with Crippen LogP contribution in [0.3, 0.4) is 0 Å². The summed E-state index contributed by atoms with van der Waals surface area (Å²) in [6.07, 6.45) is 0. The Bertz CT molecular complexity index is 741. The summed E-state index contributed by atoms with van der Waals surface area (Å²) in [5, 5.41) is 0. The fraction of sp³-hybridized carbons (Fsp3) is 0. The first-order chi connectivity index (χ1) is 10.2. The van der Waals surface area contributed by atoms with Gasteiger partial charge in [-0.15, -0.1) is 0 Å². The molecular weight excluding hydrogens is 266 g/mol. The number of aromatic nitrogens is 3. The maximum absolute atomic E-state index is 5.77. The number of nitrogens with two attached hydrogens (primary N) is 2. The lowest BCUT2D eigenvalue weighted by molar-refractivity contribution is 0.483. The molecular formula is C15H13N5O. The predicted molar refractivity (Wildman–Crippen MR) is 80.6 cm³/mol. The summed E-state index contributed by atoms with van der Waals surface area (Å²) in [4.78, 5) is 11.9. The van der Waals surface area contributed by atoms with E-state index in [9.17, 15) is 0 Å². The normalized spacial score (nSPS) is 10.3. The number of nitrogens with zero attached hydrogens (tertiary/aromatic N) is 3. The van der Waals surface area contributed by atoms with Crippen LogP contribution in [0.2, 0.25) is 0 Å². The Morgan fingerprint density at radius 3 is 2.10 bits per heavy atom. The van der Waals surface area contributed by atoms with E-state index in [1.54, 1.807) is 0 Å². The van der Waals surface area contributed by atoms with Crippen LogP contribution in [-0.4, -0.2) is 15.0 Å². The molecule has 0 aliphatic carbocycles. The van der Waals surface area contributed by atoms with Crippen molar-refractivity contribution in [2.24, 2.45) is 0 Å². The summed E-state index contributed by atoms with van der Waals surface area (Å²) in [5.74, 6) is 2.03. The molecule has 3 rings (SSSR count).